The van der Waals surface area contributed by atoms with Crippen LogP contribution in [-0.2, 0) is 4.79 Å². The summed E-state index contributed by atoms with van der Waals surface area (Å²) in [4.78, 5) is 12.8. The molecule has 74 valence electrons. The molecular weight excluding hydrogens is 162 g/mol. The second-order valence-electron chi connectivity index (χ2n) is 5.49. The first-order valence-corrected chi connectivity index (χ1v) is 5.21. The highest BCUT2D eigenvalue weighted by Gasteiger charge is 2.66. The first-order chi connectivity index (χ1) is 6.00. The molecule has 0 aromatic carbocycles. The first kappa shape index (κ1) is 9.04. The van der Waals surface area contributed by atoms with Crippen molar-refractivity contribution in [3.05, 3.63) is 0 Å². The maximum absolute atomic E-state index is 10.8. The average molecular weight is 181 g/mol. The number of amides is 1. The molecule has 0 bridgehead atoms. The molecule has 2 rings (SSSR count). The molecule has 13 heavy (non-hydrogen) atoms. The number of nitrogens with zero attached hydrogens (tertiary/aromatic N) is 1. The van der Waals surface area contributed by atoms with Crippen molar-refractivity contribution in [2.24, 2.45) is 23.2 Å². The summed E-state index contributed by atoms with van der Waals surface area (Å²) in [5.41, 5.74) is 0.494. The number of rotatable bonds is 2. The zero-order valence-corrected chi connectivity index (χ0v) is 8.95. The molecule has 0 aromatic heterocycles. The Morgan fingerprint density at radius 3 is 2.54 bits per heavy atom. The predicted octanol–water partition coefficient (Wildman–Crippen LogP) is 1.76. The molecule has 0 aromatic rings. The van der Waals surface area contributed by atoms with E-state index in [1.165, 1.54) is 0 Å². The summed E-state index contributed by atoms with van der Waals surface area (Å²) in [5, 5.41) is 0. The summed E-state index contributed by atoms with van der Waals surface area (Å²) in [6.45, 7) is 10.1. The smallest absolute Gasteiger partial charge is 0.209 e. The van der Waals surface area contributed by atoms with Crippen molar-refractivity contribution < 1.29 is 4.79 Å². The predicted molar refractivity (Wildman–Crippen MR) is 52.2 cm³/mol. The summed E-state index contributed by atoms with van der Waals surface area (Å²) in [6, 6.07) is 0.498. The van der Waals surface area contributed by atoms with E-state index in [-0.39, 0.29) is 0 Å². The quantitative estimate of drug-likeness (QED) is 0.594. The highest BCUT2D eigenvalue weighted by Crippen LogP contribution is 2.65. The molecule has 1 aliphatic heterocycles. The topological polar surface area (TPSA) is 20.3 Å². The Kier molecular flexibility index (Phi) is 1.73. The number of fused-ring (bicyclic) bond motifs is 1. The zero-order chi connectivity index (χ0) is 9.80. The minimum Gasteiger partial charge on any atom is -0.341 e. The fourth-order valence-corrected chi connectivity index (χ4v) is 3.28. The van der Waals surface area contributed by atoms with E-state index in [9.17, 15) is 4.79 Å². The molecule has 0 N–H and O–H groups in total. The Labute approximate surface area is 80.3 Å². The number of piperidine rings is 1. The van der Waals surface area contributed by atoms with Crippen LogP contribution in [0.4, 0.5) is 0 Å². The SMILES string of the molecule is CC(C)C1C2C(CN1C=O)C2(C)C. The van der Waals surface area contributed by atoms with Gasteiger partial charge in [0, 0.05) is 12.6 Å². The summed E-state index contributed by atoms with van der Waals surface area (Å²) in [7, 11) is 0. The van der Waals surface area contributed by atoms with Gasteiger partial charge in [-0.05, 0) is 23.2 Å². The monoisotopic (exact) mass is 181 g/mol. The first-order valence-electron chi connectivity index (χ1n) is 5.21. The molecule has 0 spiro atoms. The minimum atomic E-state index is 0.494. The molecule has 2 heteroatoms. The van der Waals surface area contributed by atoms with E-state index in [0.717, 1.165) is 24.8 Å². The van der Waals surface area contributed by atoms with E-state index in [1.807, 2.05) is 4.90 Å². The van der Waals surface area contributed by atoms with Gasteiger partial charge in [-0.3, -0.25) is 4.79 Å². The highest BCUT2D eigenvalue weighted by molar-refractivity contribution is 5.50. The highest BCUT2D eigenvalue weighted by atomic mass is 16.1. The van der Waals surface area contributed by atoms with Gasteiger partial charge in [-0.25, -0.2) is 0 Å². The van der Waals surface area contributed by atoms with Crippen LogP contribution in [0, 0.1) is 23.2 Å². The fourth-order valence-electron chi connectivity index (χ4n) is 3.28. The van der Waals surface area contributed by atoms with E-state index in [4.69, 9.17) is 0 Å². The van der Waals surface area contributed by atoms with E-state index < -0.39 is 0 Å². The Balaban J connectivity index is 2.16. The number of hydrogen-bond acceptors (Lipinski definition) is 1. The van der Waals surface area contributed by atoms with Crippen LogP contribution in [0.15, 0.2) is 0 Å². The molecule has 0 radical (unpaired) electrons. The molecule has 3 unspecified atom stereocenters. The van der Waals surface area contributed by atoms with Crippen molar-refractivity contribution in [3.8, 4) is 0 Å². The third kappa shape index (κ3) is 1.04. The molecule has 1 aliphatic carbocycles. The molecule has 2 fully saturated rings. The van der Waals surface area contributed by atoms with Gasteiger partial charge < -0.3 is 4.90 Å². The Bertz CT molecular complexity index is 234. The van der Waals surface area contributed by atoms with Crippen LogP contribution in [0.1, 0.15) is 27.7 Å². The fraction of sp³-hybridized carbons (Fsp3) is 0.909. The van der Waals surface area contributed by atoms with Gasteiger partial charge in [-0.1, -0.05) is 27.7 Å². The lowest BCUT2D eigenvalue weighted by Crippen LogP contribution is -2.38. The number of hydrogen-bond donors (Lipinski definition) is 0. The van der Waals surface area contributed by atoms with E-state index in [2.05, 4.69) is 27.7 Å². The molecule has 1 heterocycles. The van der Waals surface area contributed by atoms with Crippen molar-refractivity contribution in [1.29, 1.82) is 0 Å². The van der Waals surface area contributed by atoms with Crippen molar-refractivity contribution in [1.82, 2.24) is 4.90 Å². The van der Waals surface area contributed by atoms with Gasteiger partial charge in [0.15, 0.2) is 0 Å². The van der Waals surface area contributed by atoms with Gasteiger partial charge in [0.05, 0.1) is 0 Å². The maximum Gasteiger partial charge on any atom is 0.209 e. The summed E-state index contributed by atoms with van der Waals surface area (Å²) in [5.74, 6) is 2.13. The minimum absolute atomic E-state index is 0.494. The molecule has 2 aliphatic rings. The van der Waals surface area contributed by atoms with Crippen molar-refractivity contribution >= 4 is 6.41 Å². The average Bonchev–Trinajstić information content (AvgIpc) is 2.50. The van der Waals surface area contributed by atoms with Crippen LogP contribution in [0.3, 0.4) is 0 Å². The zero-order valence-electron chi connectivity index (χ0n) is 8.95. The number of likely N-dealkylation sites (tertiary alicyclic amines) is 1. The van der Waals surface area contributed by atoms with Gasteiger partial charge in [0.1, 0.15) is 0 Å². The molecule has 1 saturated heterocycles. The van der Waals surface area contributed by atoms with Gasteiger partial charge >= 0.3 is 0 Å². The van der Waals surface area contributed by atoms with Gasteiger partial charge in [-0.2, -0.15) is 0 Å². The Morgan fingerprint density at radius 1 is 1.46 bits per heavy atom. The Morgan fingerprint density at radius 2 is 2.08 bits per heavy atom. The van der Waals surface area contributed by atoms with Crippen LogP contribution in [-0.4, -0.2) is 23.9 Å². The van der Waals surface area contributed by atoms with Crippen LogP contribution in [0.25, 0.3) is 0 Å². The van der Waals surface area contributed by atoms with Crippen LogP contribution in [0.5, 0.6) is 0 Å². The molecule has 2 nitrogen and oxygen atoms in total. The van der Waals surface area contributed by atoms with Crippen LogP contribution < -0.4 is 0 Å². The molecule has 1 amide bonds. The van der Waals surface area contributed by atoms with Gasteiger partial charge in [0.25, 0.3) is 0 Å². The molecular formula is C11H19NO. The standard InChI is InChI=1S/C11H19NO/c1-7(2)10-9-8(11(9,3)4)5-12(10)6-13/h6-10H,5H2,1-4H3. The van der Waals surface area contributed by atoms with Crippen molar-refractivity contribution in [2.75, 3.05) is 6.54 Å². The number of carbonyl (C=O) groups excluding carboxylic acids is 1. The largest absolute Gasteiger partial charge is 0.341 e. The van der Waals surface area contributed by atoms with E-state index >= 15 is 0 Å². The lowest BCUT2D eigenvalue weighted by atomic mass is 9.94. The molecule has 3 atom stereocenters. The Hall–Kier alpha value is -0.530. The van der Waals surface area contributed by atoms with Crippen LogP contribution >= 0.6 is 0 Å². The van der Waals surface area contributed by atoms with Crippen molar-refractivity contribution in [3.63, 3.8) is 0 Å². The number of carbonyl (C=O) groups is 1. The molecule has 1 saturated carbocycles. The maximum atomic E-state index is 10.8. The second-order valence-corrected chi connectivity index (χ2v) is 5.49. The van der Waals surface area contributed by atoms with E-state index in [0.29, 0.717) is 17.4 Å². The normalized spacial score (nSPS) is 40.7. The van der Waals surface area contributed by atoms with Crippen LogP contribution in [0.2, 0.25) is 0 Å². The lowest BCUT2D eigenvalue weighted by Gasteiger charge is -2.30. The summed E-state index contributed by atoms with van der Waals surface area (Å²) in [6.07, 6.45) is 1.03. The summed E-state index contributed by atoms with van der Waals surface area (Å²) < 4.78 is 0. The third-order valence-corrected chi connectivity index (χ3v) is 4.12. The van der Waals surface area contributed by atoms with E-state index in [1.54, 1.807) is 0 Å². The lowest BCUT2D eigenvalue weighted by molar-refractivity contribution is -0.120. The van der Waals surface area contributed by atoms with Gasteiger partial charge in [0.2, 0.25) is 6.41 Å². The third-order valence-electron chi connectivity index (χ3n) is 4.12. The second kappa shape index (κ2) is 2.49. The van der Waals surface area contributed by atoms with Gasteiger partial charge in [-0.15, -0.1) is 0 Å². The van der Waals surface area contributed by atoms with Crippen molar-refractivity contribution in [2.45, 2.75) is 33.7 Å². The summed E-state index contributed by atoms with van der Waals surface area (Å²) >= 11 is 0.